The fourth-order valence-corrected chi connectivity index (χ4v) is 1.46. The molecule has 1 aromatic carbocycles. The molecule has 1 amide bonds. The Hall–Kier alpha value is -1.55. The lowest BCUT2D eigenvalue weighted by Crippen LogP contribution is -2.34. The van der Waals surface area contributed by atoms with Crippen LogP contribution in [-0.2, 0) is 4.79 Å². The Bertz CT molecular complexity index is 375. The highest BCUT2D eigenvalue weighted by Gasteiger charge is 2.10. The molecule has 4 heteroatoms. The average Bonchev–Trinajstić information content (AvgIpc) is 2.25. The van der Waals surface area contributed by atoms with Crippen molar-refractivity contribution in [2.45, 2.75) is 32.9 Å². The Balaban J connectivity index is 2.60. The lowest BCUT2D eigenvalue weighted by atomic mass is 10.1. The van der Waals surface area contributed by atoms with Crippen molar-refractivity contribution in [2.75, 3.05) is 6.61 Å². The van der Waals surface area contributed by atoms with Gasteiger partial charge in [-0.1, -0.05) is 18.2 Å². The molecule has 0 aliphatic heterocycles. The number of hydrogen-bond donors (Lipinski definition) is 2. The van der Waals surface area contributed by atoms with Crippen molar-refractivity contribution in [3.05, 3.63) is 29.8 Å². The zero-order chi connectivity index (χ0) is 12.8. The summed E-state index contributed by atoms with van der Waals surface area (Å²) in [6, 6.07) is 7.24. The SMILES string of the molecule is CC(C)NC(=O)COc1ccccc1C(C)O. The van der Waals surface area contributed by atoms with Crippen LogP contribution in [0, 0.1) is 0 Å². The van der Waals surface area contributed by atoms with E-state index < -0.39 is 6.10 Å². The van der Waals surface area contributed by atoms with E-state index in [4.69, 9.17) is 4.74 Å². The molecule has 1 atom stereocenters. The number of amides is 1. The van der Waals surface area contributed by atoms with Crippen molar-refractivity contribution < 1.29 is 14.6 Å². The zero-order valence-corrected chi connectivity index (χ0v) is 10.4. The van der Waals surface area contributed by atoms with Gasteiger partial charge in [0.1, 0.15) is 5.75 Å². The summed E-state index contributed by atoms with van der Waals surface area (Å²) in [7, 11) is 0. The van der Waals surface area contributed by atoms with Crippen molar-refractivity contribution >= 4 is 5.91 Å². The minimum Gasteiger partial charge on any atom is -0.483 e. The number of ether oxygens (including phenoxy) is 1. The van der Waals surface area contributed by atoms with Gasteiger partial charge >= 0.3 is 0 Å². The summed E-state index contributed by atoms with van der Waals surface area (Å²) in [5, 5.41) is 12.3. The second-order valence-corrected chi connectivity index (χ2v) is 4.22. The van der Waals surface area contributed by atoms with E-state index in [1.165, 1.54) is 0 Å². The summed E-state index contributed by atoms with van der Waals surface area (Å²) in [5.74, 6) is 0.377. The highest BCUT2D eigenvalue weighted by atomic mass is 16.5. The van der Waals surface area contributed by atoms with E-state index in [9.17, 15) is 9.90 Å². The van der Waals surface area contributed by atoms with Gasteiger partial charge in [-0.2, -0.15) is 0 Å². The third-order valence-corrected chi connectivity index (χ3v) is 2.18. The second-order valence-electron chi connectivity index (χ2n) is 4.22. The number of carbonyl (C=O) groups is 1. The minimum atomic E-state index is -0.612. The van der Waals surface area contributed by atoms with E-state index in [0.717, 1.165) is 0 Å². The molecule has 0 fully saturated rings. The number of carbonyl (C=O) groups excluding carboxylic acids is 1. The summed E-state index contributed by atoms with van der Waals surface area (Å²) < 4.78 is 5.39. The molecule has 0 spiro atoms. The molecule has 1 rings (SSSR count). The van der Waals surface area contributed by atoms with Gasteiger partial charge in [0.25, 0.3) is 5.91 Å². The van der Waals surface area contributed by atoms with Crippen molar-refractivity contribution in [3.8, 4) is 5.75 Å². The van der Waals surface area contributed by atoms with Crippen LogP contribution in [0.2, 0.25) is 0 Å². The van der Waals surface area contributed by atoms with Gasteiger partial charge in [0.2, 0.25) is 0 Å². The average molecular weight is 237 g/mol. The molecule has 0 radical (unpaired) electrons. The van der Waals surface area contributed by atoms with E-state index in [-0.39, 0.29) is 18.6 Å². The van der Waals surface area contributed by atoms with Gasteiger partial charge in [-0.25, -0.2) is 0 Å². The predicted molar refractivity (Wildman–Crippen MR) is 65.8 cm³/mol. The zero-order valence-electron chi connectivity index (χ0n) is 10.4. The first-order valence-electron chi connectivity index (χ1n) is 5.70. The van der Waals surface area contributed by atoms with Crippen LogP contribution in [0.1, 0.15) is 32.4 Å². The molecule has 0 saturated heterocycles. The summed E-state index contributed by atoms with van der Waals surface area (Å²) in [4.78, 5) is 11.4. The second kappa shape index (κ2) is 6.25. The number of nitrogens with one attached hydrogen (secondary N) is 1. The normalized spacial score (nSPS) is 12.3. The van der Waals surface area contributed by atoms with Crippen LogP contribution in [0.25, 0.3) is 0 Å². The third kappa shape index (κ3) is 4.44. The van der Waals surface area contributed by atoms with Crippen LogP contribution < -0.4 is 10.1 Å². The van der Waals surface area contributed by atoms with E-state index in [1.807, 2.05) is 26.0 Å². The summed E-state index contributed by atoms with van der Waals surface area (Å²) in [6.45, 7) is 5.40. The van der Waals surface area contributed by atoms with E-state index >= 15 is 0 Å². The maximum atomic E-state index is 11.4. The fourth-order valence-electron chi connectivity index (χ4n) is 1.46. The quantitative estimate of drug-likeness (QED) is 0.818. The summed E-state index contributed by atoms with van der Waals surface area (Å²) >= 11 is 0. The molecule has 17 heavy (non-hydrogen) atoms. The topological polar surface area (TPSA) is 58.6 Å². The Kier molecular flexibility index (Phi) is 4.97. The minimum absolute atomic E-state index is 0.0398. The molecule has 0 aliphatic rings. The first-order valence-corrected chi connectivity index (χ1v) is 5.70. The maximum Gasteiger partial charge on any atom is 0.258 e. The standard InChI is InChI=1S/C13H19NO3/c1-9(2)14-13(16)8-17-12-7-5-4-6-11(12)10(3)15/h4-7,9-10,15H,8H2,1-3H3,(H,14,16). The first kappa shape index (κ1) is 13.5. The smallest absolute Gasteiger partial charge is 0.258 e. The highest BCUT2D eigenvalue weighted by Crippen LogP contribution is 2.24. The van der Waals surface area contributed by atoms with E-state index in [1.54, 1.807) is 19.1 Å². The van der Waals surface area contributed by atoms with E-state index in [2.05, 4.69) is 5.32 Å². The van der Waals surface area contributed by atoms with Gasteiger partial charge in [-0.15, -0.1) is 0 Å². The molecule has 0 aromatic heterocycles. The Morgan fingerprint density at radius 2 is 2.00 bits per heavy atom. The number of aliphatic hydroxyl groups is 1. The monoisotopic (exact) mass is 237 g/mol. The highest BCUT2D eigenvalue weighted by molar-refractivity contribution is 5.77. The molecule has 0 bridgehead atoms. The molecule has 94 valence electrons. The molecule has 0 saturated carbocycles. The van der Waals surface area contributed by atoms with Crippen LogP contribution in [0.15, 0.2) is 24.3 Å². The Morgan fingerprint density at radius 1 is 1.35 bits per heavy atom. The Labute approximate surface area is 102 Å². The van der Waals surface area contributed by atoms with Gasteiger partial charge < -0.3 is 15.2 Å². The van der Waals surface area contributed by atoms with Gasteiger partial charge in [0.05, 0.1) is 6.10 Å². The van der Waals surface area contributed by atoms with Gasteiger partial charge in [-0.3, -0.25) is 4.79 Å². The van der Waals surface area contributed by atoms with Crippen LogP contribution in [0.3, 0.4) is 0 Å². The fraction of sp³-hybridized carbons (Fsp3) is 0.462. The molecule has 2 N–H and O–H groups in total. The molecule has 1 aromatic rings. The van der Waals surface area contributed by atoms with Gasteiger partial charge in [0.15, 0.2) is 6.61 Å². The van der Waals surface area contributed by atoms with Gasteiger partial charge in [0, 0.05) is 11.6 Å². The maximum absolute atomic E-state index is 11.4. The van der Waals surface area contributed by atoms with Crippen molar-refractivity contribution in [2.24, 2.45) is 0 Å². The predicted octanol–water partition coefficient (Wildman–Crippen LogP) is 1.64. The third-order valence-electron chi connectivity index (χ3n) is 2.18. The van der Waals surface area contributed by atoms with Crippen LogP contribution >= 0.6 is 0 Å². The number of para-hydroxylation sites is 1. The van der Waals surface area contributed by atoms with Crippen molar-refractivity contribution in [3.63, 3.8) is 0 Å². The van der Waals surface area contributed by atoms with Crippen LogP contribution in [0.4, 0.5) is 0 Å². The summed E-state index contributed by atoms with van der Waals surface area (Å²) in [6.07, 6.45) is -0.612. The van der Waals surface area contributed by atoms with Crippen molar-refractivity contribution in [1.29, 1.82) is 0 Å². The van der Waals surface area contributed by atoms with Crippen LogP contribution in [-0.4, -0.2) is 23.7 Å². The molecular weight excluding hydrogens is 218 g/mol. The summed E-state index contributed by atoms with van der Waals surface area (Å²) in [5.41, 5.74) is 0.685. The van der Waals surface area contributed by atoms with E-state index in [0.29, 0.717) is 11.3 Å². The lowest BCUT2D eigenvalue weighted by molar-refractivity contribution is -0.123. The molecular formula is C13H19NO3. The van der Waals surface area contributed by atoms with Crippen molar-refractivity contribution in [1.82, 2.24) is 5.32 Å². The lowest BCUT2D eigenvalue weighted by Gasteiger charge is -2.14. The number of aliphatic hydroxyl groups excluding tert-OH is 1. The number of benzene rings is 1. The Morgan fingerprint density at radius 3 is 2.59 bits per heavy atom. The molecule has 1 unspecified atom stereocenters. The van der Waals surface area contributed by atoms with Crippen LogP contribution in [0.5, 0.6) is 5.75 Å². The number of rotatable bonds is 5. The van der Waals surface area contributed by atoms with Gasteiger partial charge in [-0.05, 0) is 26.8 Å². The number of hydrogen-bond acceptors (Lipinski definition) is 3. The first-order chi connectivity index (χ1) is 8.00. The largest absolute Gasteiger partial charge is 0.483 e. The molecule has 0 heterocycles. The molecule has 4 nitrogen and oxygen atoms in total. The molecule has 0 aliphatic carbocycles.